The fourth-order valence-corrected chi connectivity index (χ4v) is 3.54. The van der Waals surface area contributed by atoms with E-state index in [-0.39, 0.29) is 5.91 Å². The first-order valence-electron chi connectivity index (χ1n) is 7.55. The summed E-state index contributed by atoms with van der Waals surface area (Å²) in [5.74, 6) is 1.43. The summed E-state index contributed by atoms with van der Waals surface area (Å²) in [7, 11) is 1.65. The van der Waals surface area contributed by atoms with Crippen molar-refractivity contribution in [3.63, 3.8) is 0 Å². The van der Waals surface area contributed by atoms with Crippen molar-refractivity contribution in [3.05, 3.63) is 24.3 Å². The van der Waals surface area contributed by atoms with E-state index >= 15 is 0 Å². The SMILES string of the molecule is COc1cccc(SCC(=O)N[C@@H]2CCN(C3CC3)C2)c1. The van der Waals surface area contributed by atoms with Gasteiger partial charge < -0.3 is 10.1 Å². The van der Waals surface area contributed by atoms with Gasteiger partial charge in [0.25, 0.3) is 0 Å². The molecule has 114 valence electrons. The van der Waals surface area contributed by atoms with Gasteiger partial charge in [-0.2, -0.15) is 0 Å². The molecule has 0 spiro atoms. The number of thioether (sulfide) groups is 1. The number of methoxy groups -OCH3 is 1. The molecule has 0 aromatic heterocycles. The zero-order chi connectivity index (χ0) is 14.7. The third-order valence-corrected chi connectivity index (χ3v) is 5.05. The van der Waals surface area contributed by atoms with Crippen LogP contribution in [0.4, 0.5) is 0 Å². The quantitative estimate of drug-likeness (QED) is 0.818. The molecule has 1 N–H and O–H groups in total. The number of hydrogen-bond acceptors (Lipinski definition) is 4. The number of benzene rings is 1. The molecular formula is C16H22N2O2S. The van der Waals surface area contributed by atoms with Crippen LogP contribution in [0.15, 0.2) is 29.2 Å². The zero-order valence-corrected chi connectivity index (χ0v) is 13.2. The molecule has 2 aliphatic rings. The maximum Gasteiger partial charge on any atom is 0.230 e. The number of hydrogen-bond donors (Lipinski definition) is 1. The predicted molar refractivity (Wildman–Crippen MR) is 84.9 cm³/mol. The van der Waals surface area contributed by atoms with E-state index in [2.05, 4.69) is 10.2 Å². The Morgan fingerprint density at radius 3 is 3.05 bits per heavy atom. The summed E-state index contributed by atoms with van der Waals surface area (Å²) in [5.41, 5.74) is 0. The third kappa shape index (κ3) is 4.14. The molecule has 1 atom stereocenters. The average Bonchev–Trinajstić information content (AvgIpc) is 3.26. The first-order chi connectivity index (χ1) is 10.2. The van der Waals surface area contributed by atoms with Gasteiger partial charge in [-0.05, 0) is 37.5 Å². The van der Waals surface area contributed by atoms with Gasteiger partial charge in [-0.15, -0.1) is 11.8 Å². The molecule has 1 saturated carbocycles. The Bertz CT molecular complexity index is 505. The highest BCUT2D eigenvalue weighted by atomic mass is 32.2. The molecule has 0 unspecified atom stereocenters. The number of carbonyl (C=O) groups excluding carboxylic acids is 1. The van der Waals surface area contributed by atoms with Crippen LogP contribution in [0, 0.1) is 0 Å². The van der Waals surface area contributed by atoms with Crippen molar-refractivity contribution in [1.82, 2.24) is 10.2 Å². The van der Waals surface area contributed by atoms with E-state index in [1.807, 2.05) is 24.3 Å². The summed E-state index contributed by atoms with van der Waals surface area (Å²) >= 11 is 1.56. The average molecular weight is 306 g/mol. The van der Waals surface area contributed by atoms with Gasteiger partial charge in [0.1, 0.15) is 5.75 Å². The van der Waals surface area contributed by atoms with E-state index in [1.165, 1.54) is 12.8 Å². The highest BCUT2D eigenvalue weighted by Gasteiger charge is 2.34. The van der Waals surface area contributed by atoms with Gasteiger partial charge in [0.05, 0.1) is 12.9 Å². The minimum atomic E-state index is 0.130. The van der Waals surface area contributed by atoms with Crippen molar-refractivity contribution in [3.8, 4) is 5.75 Å². The Morgan fingerprint density at radius 2 is 2.29 bits per heavy atom. The summed E-state index contributed by atoms with van der Waals surface area (Å²) in [4.78, 5) is 15.6. The number of nitrogens with one attached hydrogen (secondary N) is 1. The molecule has 1 aliphatic heterocycles. The zero-order valence-electron chi connectivity index (χ0n) is 12.4. The third-order valence-electron chi connectivity index (χ3n) is 4.06. The molecule has 1 amide bonds. The van der Waals surface area contributed by atoms with E-state index in [9.17, 15) is 4.79 Å². The first-order valence-corrected chi connectivity index (χ1v) is 8.53. The highest BCUT2D eigenvalue weighted by molar-refractivity contribution is 8.00. The van der Waals surface area contributed by atoms with Gasteiger partial charge in [0.2, 0.25) is 5.91 Å². The molecule has 0 radical (unpaired) electrons. The van der Waals surface area contributed by atoms with E-state index in [0.29, 0.717) is 11.8 Å². The Labute approximate surface area is 130 Å². The molecule has 21 heavy (non-hydrogen) atoms. The Kier molecular flexibility index (Phi) is 4.70. The van der Waals surface area contributed by atoms with Crippen molar-refractivity contribution in [2.45, 2.75) is 36.2 Å². The van der Waals surface area contributed by atoms with Crippen LogP contribution < -0.4 is 10.1 Å². The topological polar surface area (TPSA) is 41.6 Å². The second-order valence-electron chi connectivity index (χ2n) is 5.75. The smallest absolute Gasteiger partial charge is 0.230 e. The van der Waals surface area contributed by atoms with Gasteiger partial charge in [-0.25, -0.2) is 0 Å². The lowest BCUT2D eigenvalue weighted by Crippen LogP contribution is -2.38. The summed E-state index contributed by atoms with van der Waals surface area (Å²) < 4.78 is 5.19. The van der Waals surface area contributed by atoms with Crippen molar-refractivity contribution < 1.29 is 9.53 Å². The Morgan fingerprint density at radius 1 is 1.43 bits per heavy atom. The highest BCUT2D eigenvalue weighted by Crippen LogP contribution is 2.29. The summed E-state index contributed by atoms with van der Waals surface area (Å²) in [6.07, 6.45) is 3.77. The van der Waals surface area contributed by atoms with Gasteiger partial charge >= 0.3 is 0 Å². The van der Waals surface area contributed by atoms with Gasteiger partial charge in [0, 0.05) is 30.1 Å². The van der Waals surface area contributed by atoms with E-state index in [1.54, 1.807) is 18.9 Å². The fourth-order valence-electron chi connectivity index (χ4n) is 2.79. The normalized spacial score (nSPS) is 22.2. The van der Waals surface area contributed by atoms with Crippen LogP contribution in [-0.4, -0.2) is 48.8 Å². The van der Waals surface area contributed by atoms with Crippen LogP contribution in [0.2, 0.25) is 0 Å². The van der Waals surface area contributed by atoms with E-state index < -0.39 is 0 Å². The second kappa shape index (κ2) is 6.71. The molecule has 1 heterocycles. The van der Waals surface area contributed by atoms with Crippen LogP contribution in [0.5, 0.6) is 5.75 Å². The fraction of sp³-hybridized carbons (Fsp3) is 0.562. The predicted octanol–water partition coefficient (Wildman–Crippen LogP) is 2.14. The molecule has 3 rings (SSSR count). The largest absolute Gasteiger partial charge is 0.497 e. The standard InChI is InChI=1S/C16H22N2O2S/c1-20-14-3-2-4-15(9-14)21-11-16(19)17-12-7-8-18(10-12)13-5-6-13/h2-4,9,12-13H,5-8,10-11H2,1H3,(H,17,19)/t12-/m1/s1. The molecule has 1 aromatic carbocycles. The lowest BCUT2D eigenvalue weighted by molar-refractivity contribution is -0.119. The maximum absolute atomic E-state index is 12.0. The molecule has 1 saturated heterocycles. The van der Waals surface area contributed by atoms with Crippen molar-refractivity contribution in [2.24, 2.45) is 0 Å². The van der Waals surface area contributed by atoms with Crippen LogP contribution in [0.25, 0.3) is 0 Å². The molecule has 0 bridgehead atoms. The minimum absolute atomic E-state index is 0.130. The summed E-state index contributed by atoms with van der Waals surface area (Å²) in [6.45, 7) is 2.17. The number of likely N-dealkylation sites (tertiary alicyclic amines) is 1. The molecular weight excluding hydrogens is 284 g/mol. The lowest BCUT2D eigenvalue weighted by Gasteiger charge is -2.15. The van der Waals surface area contributed by atoms with Crippen molar-refractivity contribution in [2.75, 3.05) is 26.0 Å². The number of amides is 1. The number of carbonyl (C=O) groups is 1. The van der Waals surface area contributed by atoms with Crippen LogP contribution in [0.3, 0.4) is 0 Å². The Hall–Kier alpha value is -1.20. The number of rotatable bonds is 6. The monoisotopic (exact) mass is 306 g/mol. The van der Waals surface area contributed by atoms with Gasteiger partial charge in [0.15, 0.2) is 0 Å². The molecule has 4 nitrogen and oxygen atoms in total. The van der Waals surface area contributed by atoms with Crippen LogP contribution >= 0.6 is 11.8 Å². The molecule has 1 aliphatic carbocycles. The number of ether oxygens (including phenoxy) is 1. The number of nitrogens with zero attached hydrogens (tertiary/aromatic N) is 1. The van der Waals surface area contributed by atoms with Crippen molar-refractivity contribution in [1.29, 1.82) is 0 Å². The van der Waals surface area contributed by atoms with Crippen LogP contribution in [-0.2, 0) is 4.79 Å². The maximum atomic E-state index is 12.0. The van der Waals surface area contributed by atoms with Gasteiger partial charge in [-0.1, -0.05) is 6.07 Å². The van der Waals surface area contributed by atoms with Crippen LogP contribution in [0.1, 0.15) is 19.3 Å². The van der Waals surface area contributed by atoms with E-state index in [4.69, 9.17) is 4.74 Å². The lowest BCUT2D eigenvalue weighted by atomic mass is 10.2. The summed E-state index contributed by atoms with van der Waals surface area (Å²) in [6, 6.07) is 8.97. The second-order valence-corrected chi connectivity index (χ2v) is 6.80. The molecule has 2 fully saturated rings. The van der Waals surface area contributed by atoms with Crippen molar-refractivity contribution >= 4 is 17.7 Å². The first kappa shape index (κ1) is 14.7. The minimum Gasteiger partial charge on any atom is -0.497 e. The Balaban J connectivity index is 1.41. The van der Waals surface area contributed by atoms with Gasteiger partial charge in [-0.3, -0.25) is 9.69 Å². The molecule has 5 heteroatoms. The summed E-state index contributed by atoms with van der Waals surface area (Å²) in [5, 5.41) is 3.16. The van der Waals surface area contributed by atoms with E-state index in [0.717, 1.165) is 36.2 Å². The molecule has 1 aromatic rings.